The molecule has 0 aromatic heterocycles. The first-order valence-corrected chi connectivity index (χ1v) is 5.74. The molecule has 1 atom stereocenters. The van der Waals surface area contributed by atoms with Gasteiger partial charge in [-0.05, 0) is 12.1 Å². The maximum absolute atomic E-state index is 11.5. The third-order valence-corrected chi connectivity index (χ3v) is 2.35. The molecular weight excluding hydrogens is 187 g/mol. The van der Waals surface area contributed by atoms with Crippen molar-refractivity contribution < 1.29 is 13.6 Å². The second kappa shape index (κ2) is 4.15. The molecule has 0 spiro atoms. The predicted molar refractivity (Wildman–Crippen MR) is 51.9 cm³/mol. The van der Waals surface area contributed by atoms with Gasteiger partial charge in [-0.3, -0.25) is 0 Å². The molecule has 0 aliphatic rings. The Bertz CT molecular complexity index is 321. The van der Waals surface area contributed by atoms with Gasteiger partial charge in [0.25, 0.3) is 0 Å². The highest BCUT2D eigenvalue weighted by Crippen LogP contribution is 2.44. The van der Waals surface area contributed by atoms with Crippen LogP contribution in [0.25, 0.3) is 0 Å². The maximum Gasteiger partial charge on any atom is 0.427 e. The standard InChI is InChI=1S/C9H11O3P/c1-3-11-13(2,10)12-9-7-5-4-6-8-9/h3-8H,1H2,2H3. The largest absolute Gasteiger partial charge is 0.427 e. The summed E-state index contributed by atoms with van der Waals surface area (Å²) in [6.45, 7) is 4.70. The van der Waals surface area contributed by atoms with Crippen LogP contribution in [-0.2, 0) is 9.09 Å². The Hall–Kier alpha value is -1.21. The Balaban J connectivity index is 2.69. The van der Waals surface area contributed by atoms with Crippen LogP contribution in [0.2, 0.25) is 0 Å². The highest BCUT2D eigenvalue weighted by molar-refractivity contribution is 7.53. The van der Waals surface area contributed by atoms with Gasteiger partial charge >= 0.3 is 7.60 Å². The van der Waals surface area contributed by atoms with Crippen molar-refractivity contribution in [3.63, 3.8) is 0 Å². The zero-order chi connectivity index (χ0) is 9.73. The van der Waals surface area contributed by atoms with Gasteiger partial charge < -0.3 is 9.05 Å². The van der Waals surface area contributed by atoms with Gasteiger partial charge in [0.1, 0.15) is 5.75 Å². The number of para-hydroxylation sites is 1. The molecule has 0 radical (unpaired) electrons. The van der Waals surface area contributed by atoms with Gasteiger partial charge in [0, 0.05) is 0 Å². The van der Waals surface area contributed by atoms with Gasteiger partial charge in [0.2, 0.25) is 0 Å². The quantitative estimate of drug-likeness (QED) is 0.551. The molecule has 0 saturated heterocycles. The van der Waals surface area contributed by atoms with Crippen molar-refractivity contribution in [1.82, 2.24) is 0 Å². The van der Waals surface area contributed by atoms with Crippen LogP contribution in [0.1, 0.15) is 0 Å². The summed E-state index contributed by atoms with van der Waals surface area (Å²) in [5.74, 6) is 0.523. The summed E-state index contributed by atoms with van der Waals surface area (Å²) in [5, 5.41) is 0. The highest BCUT2D eigenvalue weighted by atomic mass is 31.2. The summed E-state index contributed by atoms with van der Waals surface area (Å²) in [5.41, 5.74) is 0. The van der Waals surface area contributed by atoms with Gasteiger partial charge in [0.15, 0.2) is 0 Å². The van der Waals surface area contributed by atoms with E-state index in [0.717, 1.165) is 6.26 Å². The minimum Gasteiger partial charge on any atom is -0.425 e. The van der Waals surface area contributed by atoms with Crippen molar-refractivity contribution in [3.8, 4) is 5.75 Å². The van der Waals surface area contributed by atoms with E-state index >= 15 is 0 Å². The van der Waals surface area contributed by atoms with Crippen molar-refractivity contribution in [3.05, 3.63) is 43.2 Å². The topological polar surface area (TPSA) is 35.5 Å². The van der Waals surface area contributed by atoms with Crippen LogP contribution in [0.15, 0.2) is 43.2 Å². The van der Waals surface area contributed by atoms with E-state index in [1.807, 2.05) is 6.07 Å². The maximum atomic E-state index is 11.5. The van der Waals surface area contributed by atoms with E-state index in [1.165, 1.54) is 6.66 Å². The summed E-state index contributed by atoms with van der Waals surface area (Å²) >= 11 is 0. The van der Waals surface area contributed by atoms with Crippen LogP contribution in [0.3, 0.4) is 0 Å². The van der Waals surface area contributed by atoms with E-state index in [2.05, 4.69) is 6.58 Å². The summed E-state index contributed by atoms with van der Waals surface area (Å²) < 4.78 is 21.3. The third kappa shape index (κ3) is 3.34. The van der Waals surface area contributed by atoms with Crippen molar-refractivity contribution >= 4 is 7.60 Å². The lowest BCUT2D eigenvalue weighted by atomic mass is 10.3. The van der Waals surface area contributed by atoms with Gasteiger partial charge in [-0.2, -0.15) is 0 Å². The van der Waals surface area contributed by atoms with Crippen LogP contribution in [0, 0.1) is 0 Å². The molecule has 0 amide bonds. The van der Waals surface area contributed by atoms with Crippen molar-refractivity contribution in [2.45, 2.75) is 0 Å². The molecule has 1 aromatic rings. The molecule has 70 valence electrons. The lowest BCUT2D eigenvalue weighted by molar-refractivity contribution is 0.362. The molecule has 0 aliphatic carbocycles. The summed E-state index contributed by atoms with van der Waals surface area (Å²) in [7, 11) is -3.03. The molecule has 0 aliphatic heterocycles. The monoisotopic (exact) mass is 198 g/mol. The van der Waals surface area contributed by atoms with Crippen molar-refractivity contribution in [2.24, 2.45) is 0 Å². The zero-order valence-electron chi connectivity index (χ0n) is 7.34. The molecule has 0 saturated carbocycles. The molecular formula is C9H11O3P. The van der Waals surface area contributed by atoms with Gasteiger partial charge in [-0.15, -0.1) is 0 Å². The van der Waals surface area contributed by atoms with Crippen LogP contribution < -0.4 is 4.52 Å². The van der Waals surface area contributed by atoms with E-state index in [-0.39, 0.29) is 0 Å². The average molecular weight is 198 g/mol. The first kappa shape index (κ1) is 9.87. The Morgan fingerprint density at radius 2 is 2.00 bits per heavy atom. The number of benzene rings is 1. The van der Waals surface area contributed by atoms with Crippen LogP contribution in [-0.4, -0.2) is 6.66 Å². The molecule has 1 unspecified atom stereocenters. The number of rotatable bonds is 4. The fourth-order valence-corrected chi connectivity index (χ4v) is 1.65. The smallest absolute Gasteiger partial charge is 0.425 e. The fourth-order valence-electron chi connectivity index (χ4n) is 0.830. The van der Waals surface area contributed by atoms with Crippen molar-refractivity contribution in [2.75, 3.05) is 6.66 Å². The van der Waals surface area contributed by atoms with Crippen LogP contribution in [0.4, 0.5) is 0 Å². The van der Waals surface area contributed by atoms with Crippen molar-refractivity contribution in [1.29, 1.82) is 0 Å². The fraction of sp³-hybridized carbons (Fsp3) is 0.111. The Labute approximate surface area is 77.5 Å². The molecule has 3 nitrogen and oxygen atoms in total. The van der Waals surface area contributed by atoms with Gasteiger partial charge in [0.05, 0.1) is 12.9 Å². The minimum absolute atomic E-state index is 0.523. The Kier molecular flexibility index (Phi) is 3.15. The molecule has 4 heteroatoms. The minimum atomic E-state index is -3.03. The number of hydrogen-bond acceptors (Lipinski definition) is 3. The van der Waals surface area contributed by atoms with E-state index < -0.39 is 7.60 Å². The molecule has 0 N–H and O–H groups in total. The second-order valence-corrected chi connectivity index (χ2v) is 4.38. The summed E-state index contributed by atoms with van der Waals surface area (Å²) in [6, 6.07) is 8.86. The van der Waals surface area contributed by atoms with E-state index in [4.69, 9.17) is 9.05 Å². The lowest BCUT2D eigenvalue weighted by Gasteiger charge is -2.12. The highest BCUT2D eigenvalue weighted by Gasteiger charge is 2.16. The molecule has 1 rings (SSSR count). The van der Waals surface area contributed by atoms with Crippen LogP contribution in [0.5, 0.6) is 5.75 Å². The summed E-state index contributed by atoms with van der Waals surface area (Å²) in [6.07, 6.45) is 1.11. The third-order valence-electron chi connectivity index (χ3n) is 1.28. The van der Waals surface area contributed by atoms with E-state index in [0.29, 0.717) is 5.75 Å². The number of hydrogen-bond donors (Lipinski definition) is 0. The average Bonchev–Trinajstić information content (AvgIpc) is 2.04. The SMILES string of the molecule is C=COP(C)(=O)Oc1ccccc1. The summed E-state index contributed by atoms with van der Waals surface area (Å²) in [4.78, 5) is 0. The molecule has 0 bridgehead atoms. The molecule has 0 fully saturated rings. The van der Waals surface area contributed by atoms with E-state index in [9.17, 15) is 4.57 Å². The Morgan fingerprint density at radius 3 is 2.54 bits per heavy atom. The first-order chi connectivity index (χ1) is 6.14. The van der Waals surface area contributed by atoms with Crippen LogP contribution >= 0.6 is 7.60 Å². The first-order valence-electron chi connectivity index (χ1n) is 3.75. The normalized spacial score (nSPS) is 14.2. The molecule has 0 heterocycles. The predicted octanol–water partition coefficient (Wildman–Crippen LogP) is 3.05. The Morgan fingerprint density at radius 1 is 1.38 bits per heavy atom. The lowest BCUT2D eigenvalue weighted by Crippen LogP contribution is -1.91. The zero-order valence-corrected chi connectivity index (χ0v) is 8.24. The molecule has 13 heavy (non-hydrogen) atoms. The van der Waals surface area contributed by atoms with Gasteiger partial charge in [-0.1, -0.05) is 24.8 Å². The van der Waals surface area contributed by atoms with Gasteiger partial charge in [-0.25, -0.2) is 4.57 Å². The molecule has 1 aromatic carbocycles. The second-order valence-electron chi connectivity index (χ2n) is 2.45. The van der Waals surface area contributed by atoms with E-state index in [1.54, 1.807) is 24.3 Å².